The molecular formula is C30H26B2N4O11. The van der Waals surface area contributed by atoms with Crippen LogP contribution in [0.15, 0.2) is 60.7 Å². The summed E-state index contributed by atoms with van der Waals surface area (Å²) in [7, 11) is -2.05. The number of hydrogen-bond donors (Lipinski definition) is 4. The molecular weight excluding hydrogens is 614 g/mol. The fraction of sp³-hybridized carbons (Fsp3) is 0.167. The van der Waals surface area contributed by atoms with Gasteiger partial charge in [0.15, 0.2) is 0 Å². The van der Waals surface area contributed by atoms with Gasteiger partial charge in [-0.2, -0.15) is 20.5 Å². The number of nitrogens with zero attached hydrogens (tertiary/aromatic N) is 4. The first-order valence-electron chi connectivity index (χ1n) is 13.7. The number of rotatable bonds is 14. The zero-order chi connectivity index (χ0) is 33.9. The quantitative estimate of drug-likeness (QED) is 0.0849. The van der Waals surface area contributed by atoms with E-state index in [2.05, 4.69) is 9.97 Å². The third-order valence-electron chi connectivity index (χ3n) is 6.37. The summed E-state index contributed by atoms with van der Waals surface area (Å²) in [6, 6.07) is 18.2. The molecule has 0 amide bonds. The second-order valence-electron chi connectivity index (χ2n) is 9.41. The van der Waals surface area contributed by atoms with Gasteiger partial charge in [-0.15, -0.1) is 0 Å². The second-order valence-corrected chi connectivity index (χ2v) is 9.41. The number of nitriles is 2. The van der Waals surface area contributed by atoms with Crippen molar-refractivity contribution < 1.29 is 53.3 Å². The van der Waals surface area contributed by atoms with E-state index < -0.39 is 40.2 Å². The van der Waals surface area contributed by atoms with Gasteiger partial charge in [0.2, 0.25) is 30.3 Å². The normalized spacial score (nSPS) is 10.3. The molecule has 0 aliphatic heterocycles. The van der Waals surface area contributed by atoms with Crippen LogP contribution in [0.5, 0.6) is 35.0 Å². The van der Waals surface area contributed by atoms with E-state index in [1.54, 1.807) is 0 Å². The van der Waals surface area contributed by atoms with Crippen molar-refractivity contribution in [2.24, 2.45) is 0 Å². The molecule has 0 unspecified atom stereocenters. The number of methoxy groups -OCH3 is 1. The number of aliphatic hydroxyl groups excluding tert-OH is 2. The number of aromatic nitrogens is 2. The molecule has 0 bridgehead atoms. The Kier molecular flexibility index (Phi) is 11.7. The van der Waals surface area contributed by atoms with Crippen molar-refractivity contribution in [3.8, 4) is 47.2 Å². The number of esters is 1. The number of ether oxygens (including phenoxy) is 5. The Morgan fingerprint density at radius 3 is 1.72 bits per heavy atom. The van der Waals surface area contributed by atoms with Crippen molar-refractivity contribution in [2.45, 2.75) is 20.1 Å². The fourth-order valence-electron chi connectivity index (χ4n) is 4.12. The summed E-state index contributed by atoms with van der Waals surface area (Å²) in [6.07, 6.45) is 0. The molecule has 47 heavy (non-hydrogen) atoms. The summed E-state index contributed by atoms with van der Waals surface area (Å²) in [4.78, 5) is 19.2. The van der Waals surface area contributed by atoms with Gasteiger partial charge in [-0.25, -0.2) is 0 Å². The van der Waals surface area contributed by atoms with Crippen LogP contribution in [0.25, 0.3) is 0 Å². The molecule has 0 spiro atoms. The lowest BCUT2D eigenvalue weighted by atomic mass is 9.69. The topological polar surface area (TPSA) is 227 Å². The highest BCUT2D eigenvalue weighted by Gasteiger charge is 2.30. The molecule has 4 aromatic rings. The Balaban J connectivity index is 1.46. The summed E-state index contributed by atoms with van der Waals surface area (Å²) in [5.41, 5.74) is 0.957. The van der Waals surface area contributed by atoms with E-state index in [0.29, 0.717) is 0 Å². The molecule has 15 nitrogen and oxygen atoms in total. The third-order valence-corrected chi connectivity index (χ3v) is 6.37. The highest BCUT2D eigenvalue weighted by atomic mass is 16.7. The van der Waals surface area contributed by atoms with Crippen LogP contribution in [0, 0.1) is 22.7 Å². The Morgan fingerprint density at radius 2 is 1.28 bits per heavy atom. The van der Waals surface area contributed by atoms with Gasteiger partial charge in [-0.05, 0) is 58.5 Å². The first-order valence-corrected chi connectivity index (χ1v) is 13.7. The average Bonchev–Trinajstić information content (AvgIpc) is 3.07. The van der Waals surface area contributed by atoms with E-state index in [4.69, 9.17) is 33.5 Å². The van der Waals surface area contributed by atoms with Crippen LogP contribution in [0.3, 0.4) is 0 Å². The first kappa shape index (κ1) is 34.2. The summed E-state index contributed by atoms with van der Waals surface area (Å²) in [5.74, 6) is -0.0464. The molecule has 2 aromatic carbocycles. The minimum absolute atomic E-state index is 0.0174. The average molecular weight is 640 g/mol. The predicted molar refractivity (Wildman–Crippen MR) is 163 cm³/mol. The highest BCUT2D eigenvalue weighted by molar-refractivity contribution is 6.73. The minimum atomic E-state index is -1.71. The Morgan fingerprint density at radius 1 is 0.787 bits per heavy atom. The zero-order valence-corrected chi connectivity index (χ0v) is 25.0. The first-order chi connectivity index (χ1) is 22.7. The summed E-state index contributed by atoms with van der Waals surface area (Å²) in [6.45, 7) is -0.316. The molecule has 0 aliphatic rings. The van der Waals surface area contributed by atoms with E-state index >= 15 is 0 Å². The van der Waals surface area contributed by atoms with Crippen LogP contribution in [0.1, 0.15) is 29.2 Å². The third kappa shape index (κ3) is 8.74. The Bertz CT molecular complexity index is 1830. The summed E-state index contributed by atoms with van der Waals surface area (Å²) in [5, 5.41) is 60.0. The van der Waals surface area contributed by atoms with Gasteiger partial charge in [-0.3, -0.25) is 4.79 Å². The molecule has 238 valence electrons. The number of carbonyl (C=O) groups excluding carboxylic acids is 1. The van der Waals surface area contributed by atoms with Crippen molar-refractivity contribution in [3.05, 3.63) is 82.9 Å². The summed E-state index contributed by atoms with van der Waals surface area (Å²) >= 11 is 0. The van der Waals surface area contributed by atoms with Crippen LogP contribution < -0.4 is 29.9 Å². The SMILES string of the molecule is COc1nc(Oc2ccc(B(O)OB(O)c3ccc(Oc4ccc(C#N)c(OCOC(C)=O)n4)cc3CO)c(CO)c2)ccc1C#N. The molecule has 17 heteroatoms. The van der Waals surface area contributed by atoms with Gasteiger partial charge in [0.05, 0.1) is 20.3 Å². The van der Waals surface area contributed by atoms with Crippen molar-refractivity contribution in [1.29, 1.82) is 10.5 Å². The van der Waals surface area contributed by atoms with Gasteiger partial charge in [0, 0.05) is 19.1 Å². The molecule has 2 aromatic heterocycles. The van der Waals surface area contributed by atoms with Crippen LogP contribution in [-0.4, -0.2) is 64.3 Å². The highest BCUT2D eigenvalue weighted by Crippen LogP contribution is 2.26. The standard InChI is InChI=1S/C30H26B2N4O11/c1-18(39)43-17-44-30-20(14-34)4-10-28(36-30)46-24-6-8-26(22(12-24)16-38)32(41)47-31(40)25-7-5-23(11-21(25)15-37)45-27-9-3-19(13-33)29(35-27)42-2/h3-12,37-38,40-41H,15-17H2,1-2H3. The van der Waals surface area contributed by atoms with E-state index in [0.717, 1.165) is 0 Å². The van der Waals surface area contributed by atoms with Gasteiger partial charge in [0.1, 0.15) is 34.8 Å². The molecule has 0 radical (unpaired) electrons. The molecule has 0 saturated carbocycles. The Labute approximate surface area is 269 Å². The van der Waals surface area contributed by atoms with Gasteiger partial charge in [-0.1, -0.05) is 12.1 Å². The number of carbonyl (C=O) groups is 1. The van der Waals surface area contributed by atoms with E-state index in [-0.39, 0.29) is 68.2 Å². The van der Waals surface area contributed by atoms with E-state index in [1.807, 2.05) is 12.1 Å². The number of aliphatic hydroxyl groups is 2. The molecule has 0 aliphatic carbocycles. The van der Waals surface area contributed by atoms with Gasteiger partial charge in [0.25, 0.3) is 0 Å². The number of hydrogen-bond acceptors (Lipinski definition) is 15. The van der Waals surface area contributed by atoms with Crippen molar-refractivity contribution >= 4 is 31.1 Å². The molecule has 0 saturated heterocycles. The van der Waals surface area contributed by atoms with Crippen LogP contribution in [0.4, 0.5) is 0 Å². The molecule has 0 atom stereocenters. The number of benzene rings is 2. The maximum absolute atomic E-state index is 11.0. The fourth-order valence-corrected chi connectivity index (χ4v) is 4.12. The van der Waals surface area contributed by atoms with Gasteiger partial charge >= 0.3 is 20.2 Å². The Hall–Kier alpha value is -5.68. The maximum atomic E-state index is 11.0. The lowest BCUT2D eigenvalue weighted by molar-refractivity contribution is -0.147. The van der Waals surface area contributed by atoms with Crippen LogP contribution in [0.2, 0.25) is 0 Å². The van der Waals surface area contributed by atoms with Crippen molar-refractivity contribution in [1.82, 2.24) is 9.97 Å². The van der Waals surface area contributed by atoms with Crippen LogP contribution in [-0.2, 0) is 27.3 Å². The van der Waals surface area contributed by atoms with Crippen molar-refractivity contribution in [3.63, 3.8) is 0 Å². The largest absolute Gasteiger partial charge is 0.480 e. The molecule has 2 heterocycles. The van der Waals surface area contributed by atoms with E-state index in [9.17, 15) is 30.3 Å². The molecule has 0 fully saturated rings. The molecule has 4 rings (SSSR count). The number of pyridine rings is 2. The van der Waals surface area contributed by atoms with Crippen molar-refractivity contribution in [2.75, 3.05) is 13.9 Å². The maximum Gasteiger partial charge on any atom is 0.478 e. The molecule has 4 N–H and O–H groups in total. The smallest absolute Gasteiger partial charge is 0.478 e. The lowest BCUT2D eigenvalue weighted by Gasteiger charge is -2.17. The predicted octanol–water partition coefficient (Wildman–Crippen LogP) is 0.789. The second kappa shape index (κ2) is 16.1. The van der Waals surface area contributed by atoms with Gasteiger partial charge < -0.3 is 48.5 Å². The van der Waals surface area contributed by atoms with Crippen LogP contribution >= 0.6 is 0 Å². The summed E-state index contributed by atoms with van der Waals surface area (Å²) < 4.78 is 31.9. The zero-order valence-electron chi connectivity index (χ0n) is 25.0. The van der Waals surface area contributed by atoms with E-state index in [1.165, 1.54) is 74.7 Å². The lowest BCUT2D eigenvalue weighted by Crippen LogP contribution is -2.47. The minimum Gasteiger partial charge on any atom is -0.480 e. The monoisotopic (exact) mass is 640 g/mol.